The Hall–Kier alpha value is -0.910. The first-order valence-electron chi connectivity index (χ1n) is 6.17. The third-order valence-electron chi connectivity index (χ3n) is 2.79. The summed E-state index contributed by atoms with van der Waals surface area (Å²) in [6.45, 7) is 6.84. The van der Waals surface area contributed by atoms with Crippen LogP contribution < -0.4 is 5.32 Å². The second-order valence-corrected chi connectivity index (χ2v) is 7.08. The number of carboxylic acid groups (broad SMARTS) is 1. The Labute approximate surface area is 111 Å². The predicted octanol–water partition coefficient (Wildman–Crippen LogP) is 1.29. The molecule has 0 aromatic carbocycles. The number of amides is 1. The van der Waals surface area contributed by atoms with Crippen molar-refractivity contribution < 1.29 is 18.9 Å². The topological polar surface area (TPSA) is 83.5 Å². The van der Waals surface area contributed by atoms with Crippen LogP contribution >= 0.6 is 0 Å². The number of hydrogen-bond donors (Lipinski definition) is 2. The first kappa shape index (κ1) is 17.1. The molecule has 1 amide bonds. The molecule has 5 nitrogen and oxygen atoms in total. The van der Waals surface area contributed by atoms with Gasteiger partial charge in [-0.15, -0.1) is 0 Å². The summed E-state index contributed by atoms with van der Waals surface area (Å²) < 4.78 is 10.6. The van der Waals surface area contributed by atoms with Crippen molar-refractivity contribution in [3.05, 3.63) is 0 Å². The van der Waals surface area contributed by atoms with E-state index in [1.165, 1.54) is 20.8 Å². The van der Waals surface area contributed by atoms with E-state index >= 15 is 0 Å². The van der Waals surface area contributed by atoms with Gasteiger partial charge in [-0.1, -0.05) is 19.8 Å². The smallest absolute Gasteiger partial charge is 0.321 e. The first-order chi connectivity index (χ1) is 8.25. The van der Waals surface area contributed by atoms with Crippen LogP contribution in [-0.4, -0.2) is 37.7 Å². The van der Waals surface area contributed by atoms with Crippen molar-refractivity contribution in [1.82, 2.24) is 5.32 Å². The highest BCUT2D eigenvalue weighted by molar-refractivity contribution is 7.88. The molecular formula is C12H23NO4S. The standard InChI is InChI=1S/C12H23NO4S/c1-5-6-7-8-13-10(14)9(2)18(17)12(3,4)11(15)16/h9H,5-8H2,1-4H3,(H,13,14)(H,15,16). The van der Waals surface area contributed by atoms with Gasteiger partial charge in [-0.05, 0) is 27.2 Å². The summed E-state index contributed by atoms with van der Waals surface area (Å²) in [6.07, 6.45) is 2.96. The van der Waals surface area contributed by atoms with Gasteiger partial charge in [-0.3, -0.25) is 13.8 Å². The van der Waals surface area contributed by atoms with Crippen molar-refractivity contribution in [3.8, 4) is 0 Å². The van der Waals surface area contributed by atoms with E-state index in [-0.39, 0.29) is 5.91 Å². The molecule has 0 radical (unpaired) electrons. The maximum atomic E-state index is 12.0. The molecule has 0 rings (SSSR count). The number of hydrogen-bond acceptors (Lipinski definition) is 3. The largest absolute Gasteiger partial charge is 0.480 e. The summed E-state index contributed by atoms with van der Waals surface area (Å²) >= 11 is 0. The van der Waals surface area contributed by atoms with Gasteiger partial charge in [0.2, 0.25) is 5.91 Å². The predicted molar refractivity (Wildman–Crippen MR) is 71.9 cm³/mol. The van der Waals surface area contributed by atoms with Crippen LogP contribution in [0.15, 0.2) is 0 Å². The minimum atomic E-state index is -1.75. The van der Waals surface area contributed by atoms with E-state index in [9.17, 15) is 13.8 Å². The van der Waals surface area contributed by atoms with Crippen LogP contribution in [0, 0.1) is 0 Å². The van der Waals surface area contributed by atoms with Crippen LogP contribution in [0.3, 0.4) is 0 Å². The van der Waals surface area contributed by atoms with Gasteiger partial charge in [0, 0.05) is 6.54 Å². The van der Waals surface area contributed by atoms with Crippen LogP contribution in [0.25, 0.3) is 0 Å². The monoisotopic (exact) mass is 277 g/mol. The number of carboxylic acids is 1. The Balaban J connectivity index is 4.38. The highest BCUT2D eigenvalue weighted by Crippen LogP contribution is 2.17. The van der Waals surface area contributed by atoms with E-state index in [1.54, 1.807) is 0 Å². The summed E-state index contributed by atoms with van der Waals surface area (Å²) in [6, 6.07) is 0. The zero-order chi connectivity index (χ0) is 14.3. The van der Waals surface area contributed by atoms with Crippen molar-refractivity contribution in [2.45, 2.75) is 57.0 Å². The summed E-state index contributed by atoms with van der Waals surface area (Å²) in [7, 11) is -1.75. The maximum Gasteiger partial charge on any atom is 0.321 e. The molecule has 0 fully saturated rings. The van der Waals surface area contributed by atoms with Crippen molar-refractivity contribution in [2.24, 2.45) is 0 Å². The van der Waals surface area contributed by atoms with Gasteiger partial charge in [-0.25, -0.2) is 0 Å². The van der Waals surface area contributed by atoms with Gasteiger partial charge in [0.15, 0.2) is 0 Å². The Morgan fingerprint density at radius 1 is 1.33 bits per heavy atom. The van der Waals surface area contributed by atoms with Crippen LogP contribution in [0.1, 0.15) is 47.0 Å². The van der Waals surface area contributed by atoms with E-state index in [0.717, 1.165) is 19.3 Å². The lowest BCUT2D eigenvalue weighted by molar-refractivity contribution is -0.139. The number of carbonyl (C=O) groups is 2. The number of aliphatic carboxylic acids is 1. The average Bonchev–Trinajstić information content (AvgIpc) is 2.32. The van der Waals surface area contributed by atoms with Gasteiger partial charge in [0.25, 0.3) is 0 Å². The molecule has 106 valence electrons. The Bertz CT molecular complexity index is 328. The van der Waals surface area contributed by atoms with Crippen molar-refractivity contribution in [2.75, 3.05) is 6.54 Å². The Kier molecular flexibility index (Phi) is 7.13. The third-order valence-corrected chi connectivity index (χ3v) is 4.82. The van der Waals surface area contributed by atoms with Gasteiger partial charge in [0.1, 0.15) is 10.00 Å². The zero-order valence-corrected chi connectivity index (χ0v) is 12.3. The average molecular weight is 277 g/mol. The molecule has 18 heavy (non-hydrogen) atoms. The second kappa shape index (κ2) is 7.51. The van der Waals surface area contributed by atoms with Crippen LogP contribution in [-0.2, 0) is 20.4 Å². The lowest BCUT2D eigenvalue weighted by Gasteiger charge is -2.22. The number of unbranched alkanes of at least 4 members (excludes halogenated alkanes) is 2. The minimum Gasteiger partial charge on any atom is -0.480 e. The summed E-state index contributed by atoms with van der Waals surface area (Å²) in [5.74, 6) is -1.51. The molecule has 0 aromatic heterocycles. The van der Waals surface area contributed by atoms with E-state index in [2.05, 4.69) is 12.2 Å². The lowest BCUT2D eigenvalue weighted by atomic mass is 10.2. The van der Waals surface area contributed by atoms with E-state index < -0.39 is 26.8 Å². The van der Waals surface area contributed by atoms with E-state index in [4.69, 9.17) is 5.11 Å². The molecular weight excluding hydrogens is 254 g/mol. The second-order valence-electron chi connectivity index (χ2n) is 4.75. The number of carbonyl (C=O) groups excluding carboxylic acids is 1. The fourth-order valence-corrected chi connectivity index (χ4v) is 2.69. The van der Waals surface area contributed by atoms with Gasteiger partial charge >= 0.3 is 5.97 Å². The van der Waals surface area contributed by atoms with Gasteiger partial charge in [-0.2, -0.15) is 0 Å². The van der Waals surface area contributed by atoms with Gasteiger partial charge < -0.3 is 10.4 Å². The van der Waals surface area contributed by atoms with Crippen molar-refractivity contribution in [3.63, 3.8) is 0 Å². The molecule has 0 bridgehead atoms. The molecule has 6 heteroatoms. The normalized spacial score (nSPS) is 14.9. The number of rotatable bonds is 8. The quantitative estimate of drug-likeness (QED) is 0.655. The maximum absolute atomic E-state index is 12.0. The van der Waals surface area contributed by atoms with Crippen LogP contribution in [0.2, 0.25) is 0 Å². The molecule has 0 aliphatic rings. The highest BCUT2D eigenvalue weighted by Gasteiger charge is 2.39. The zero-order valence-electron chi connectivity index (χ0n) is 11.5. The van der Waals surface area contributed by atoms with Crippen LogP contribution in [0.4, 0.5) is 0 Å². The molecule has 0 heterocycles. The molecule has 0 aromatic rings. The van der Waals surface area contributed by atoms with Crippen LogP contribution in [0.5, 0.6) is 0 Å². The van der Waals surface area contributed by atoms with Gasteiger partial charge in [0.05, 0.1) is 10.8 Å². The molecule has 0 saturated carbocycles. The molecule has 0 aliphatic heterocycles. The summed E-state index contributed by atoms with van der Waals surface area (Å²) in [4.78, 5) is 22.7. The van der Waals surface area contributed by atoms with Crippen molar-refractivity contribution in [1.29, 1.82) is 0 Å². The molecule has 0 saturated heterocycles. The Morgan fingerprint density at radius 3 is 2.33 bits per heavy atom. The fraction of sp³-hybridized carbons (Fsp3) is 0.833. The van der Waals surface area contributed by atoms with E-state index in [0.29, 0.717) is 6.54 Å². The highest BCUT2D eigenvalue weighted by atomic mass is 32.2. The summed E-state index contributed by atoms with van der Waals surface area (Å²) in [5.41, 5.74) is 0. The van der Waals surface area contributed by atoms with Crippen molar-refractivity contribution >= 4 is 22.7 Å². The first-order valence-corrected chi connectivity index (χ1v) is 7.38. The lowest BCUT2D eigenvalue weighted by Crippen LogP contribution is -2.46. The fourth-order valence-electron chi connectivity index (χ4n) is 1.36. The molecule has 2 atom stereocenters. The molecule has 0 aliphatic carbocycles. The molecule has 2 unspecified atom stereocenters. The Morgan fingerprint density at radius 2 is 1.89 bits per heavy atom. The third kappa shape index (κ3) is 4.76. The molecule has 2 N–H and O–H groups in total. The SMILES string of the molecule is CCCCCNC(=O)C(C)S(=O)C(C)(C)C(=O)O. The number of nitrogens with one attached hydrogen (secondary N) is 1. The van der Waals surface area contributed by atoms with E-state index in [1.807, 2.05) is 0 Å². The minimum absolute atomic E-state index is 0.348. The summed E-state index contributed by atoms with van der Waals surface area (Å²) in [5, 5.41) is 10.8. The molecule has 0 spiro atoms.